The molecule has 0 atom stereocenters. The minimum absolute atomic E-state index is 0.0865. The Labute approximate surface area is 156 Å². The summed E-state index contributed by atoms with van der Waals surface area (Å²) in [7, 11) is 2.87. The van der Waals surface area contributed by atoms with Gasteiger partial charge >= 0.3 is 5.97 Å². The van der Waals surface area contributed by atoms with Crippen molar-refractivity contribution in [1.29, 1.82) is 0 Å². The summed E-state index contributed by atoms with van der Waals surface area (Å²) >= 11 is 0. The van der Waals surface area contributed by atoms with Gasteiger partial charge in [-0.05, 0) is 23.8 Å². The van der Waals surface area contributed by atoms with Gasteiger partial charge in [0.15, 0.2) is 11.5 Å². The highest BCUT2D eigenvalue weighted by atomic mass is 19.1. The number of hydrogen-bond donors (Lipinski definition) is 0. The van der Waals surface area contributed by atoms with Gasteiger partial charge in [0, 0.05) is 17.7 Å². The Morgan fingerprint density at radius 2 is 1.56 bits per heavy atom. The molecule has 0 unspecified atom stereocenters. The number of carbonyl (C=O) groups excluding carboxylic acids is 1. The zero-order valence-corrected chi connectivity index (χ0v) is 15.2. The van der Waals surface area contributed by atoms with Crippen LogP contribution in [-0.2, 0) is 11.4 Å². The lowest BCUT2D eigenvalue weighted by atomic mass is 10.1. The number of methoxy groups -OCH3 is 2. The third kappa shape index (κ3) is 3.79. The zero-order chi connectivity index (χ0) is 19.4. The maximum absolute atomic E-state index is 13.9. The largest absolute Gasteiger partial charge is 0.490 e. The minimum Gasteiger partial charge on any atom is -0.490 e. The molecule has 0 saturated heterocycles. The van der Waals surface area contributed by atoms with E-state index in [-0.39, 0.29) is 23.9 Å². The van der Waals surface area contributed by atoms with Crippen LogP contribution in [0.25, 0.3) is 10.8 Å². The highest BCUT2D eigenvalue weighted by Gasteiger charge is 2.25. The Balaban J connectivity index is 2.20. The van der Waals surface area contributed by atoms with E-state index in [4.69, 9.17) is 18.9 Å². The van der Waals surface area contributed by atoms with E-state index in [1.165, 1.54) is 33.3 Å². The molecule has 0 aliphatic heterocycles. The molecule has 3 aromatic carbocycles. The molecule has 0 radical (unpaired) electrons. The van der Waals surface area contributed by atoms with Crippen LogP contribution < -0.4 is 18.9 Å². The quantitative estimate of drug-likeness (QED) is 0.472. The van der Waals surface area contributed by atoms with Crippen LogP contribution in [0.5, 0.6) is 23.0 Å². The molecule has 0 amide bonds. The number of hydrogen-bond acceptors (Lipinski definition) is 5. The molecule has 0 bridgehead atoms. The summed E-state index contributed by atoms with van der Waals surface area (Å²) in [5.41, 5.74) is 0.956. The fraction of sp³-hybridized carbons (Fsp3) is 0.190. The van der Waals surface area contributed by atoms with Gasteiger partial charge in [-0.25, -0.2) is 4.39 Å². The molecule has 0 N–H and O–H groups in total. The van der Waals surface area contributed by atoms with Crippen LogP contribution in [0.15, 0.2) is 48.5 Å². The number of halogens is 1. The first-order valence-electron chi connectivity index (χ1n) is 8.27. The van der Waals surface area contributed by atoms with E-state index >= 15 is 0 Å². The molecule has 3 aromatic rings. The van der Waals surface area contributed by atoms with Crippen molar-refractivity contribution in [2.75, 3.05) is 14.2 Å². The SMILES string of the molecule is COc1c(OC)c(OC(C)=O)c2cc(F)ccc2c1OCc1ccccc1. The predicted molar refractivity (Wildman–Crippen MR) is 99.1 cm³/mol. The van der Waals surface area contributed by atoms with Crippen molar-refractivity contribution in [2.45, 2.75) is 13.5 Å². The molecular formula is C21H19FO5. The topological polar surface area (TPSA) is 54.0 Å². The van der Waals surface area contributed by atoms with E-state index < -0.39 is 11.8 Å². The fourth-order valence-corrected chi connectivity index (χ4v) is 2.84. The first-order chi connectivity index (χ1) is 13.0. The van der Waals surface area contributed by atoms with E-state index in [1.54, 1.807) is 6.07 Å². The van der Waals surface area contributed by atoms with Gasteiger partial charge in [0.2, 0.25) is 11.5 Å². The molecule has 5 nitrogen and oxygen atoms in total. The van der Waals surface area contributed by atoms with Gasteiger partial charge in [-0.1, -0.05) is 30.3 Å². The normalized spacial score (nSPS) is 10.5. The Kier molecular flexibility index (Phi) is 5.45. The van der Waals surface area contributed by atoms with E-state index in [0.29, 0.717) is 16.5 Å². The Morgan fingerprint density at radius 1 is 0.889 bits per heavy atom. The van der Waals surface area contributed by atoms with Crippen molar-refractivity contribution in [2.24, 2.45) is 0 Å². The Bertz CT molecular complexity index is 969. The third-order valence-electron chi connectivity index (χ3n) is 3.97. The molecule has 0 aliphatic carbocycles. The van der Waals surface area contributed by atoms with Crippen LogP contribution in [0.2, 0.25) is 0 Å². The molecule has 0 heterocycles. The minimum atomic E-state index is -0.557. The first-order valence-corrected chi connectivity index (χ1v) is 8.27. The molecular weight excluding hydrogens is 351 g/mol. The summed E-state index contributed by atoms with van der Waals surface area (Å²) in [6, 6.07) is 13.7. The molecule has 27 heavy (non-hydrogen) atoms. The van der Waals surface area contributed by atoms with Gasteiger partial charge in [0.1, 0.15) is 12.4 Å². The van der Waals surface area contributed by atoms with Crippen molar-refractivity contribution < 1.29 is 28.1 Å². The Hall–Kier alpha value is -3.28. The summed E-state index contributed by atoms with van der Waals surface area (Å²) < 4.78 is 36.1. The predicted octanol–water partition coefficient (Wildman–Crippen LogP) is 4.50. The van der Waals surface area contributed by atoms with Crippen LogP contribution in [0.4, 0.5) is 4.39 Å². The van der Waals surface area contributed by atoms with E-state index in [2.05, 4.69) is 0 Å². The van der Waals surface area contributed by atoms with Crippen LogP contribution in [0.3, 0.4) is 0 Å². The van der Waals surface area contributed by atoms with Gasteiger partial charge < -0.3 is 18.9 Å². The van der Waals surface area contributed by atoms with Gasteiger partial charge in [0.25, 0.3) is 0 Å². The van der Waals surface area contributed by atoms with Crippen molar-refractivity contribution in [3.8, 4) is 23.0 Å². The number of esters is 1. The standard InChI is InChI=1S/C21H19FO5/c1-13(23)27-19-17-11-15(22)9-10-16(17)18(20(24-2)21(19)25-3)26-12-14-7-5-4-6-8-14/h4-11H,12H2,1-3H3. The highest BCUT2D eigenvalue weighted by Crippen LogP contribution is 2.51. The monoisotopic (exact) mass is 370 g/mol. The van der Waals surface area contributed by atoms with Crippen LogP contribution >= 0.6 is 0 Å². The number of benzene rings is 3. The van der Waals surface area contributed by atoms with E-state index in [9.17, 15) is 9.18 Å². The lowest BCUT2D eigenvalue weighted by molar-refractivity contribution is -0.131. The van der Waals surface area contributed by atoms with E-state index in [0.717, 1.165) is 5.56 Å². The second-order valence-electron chi connectivity index (χ2n) is 5.78. The Morgan fingerprint density at radius 3 is 2.19 bits per heavy atom. The second-order valence-corrected chi connectivity index (χ2v) is 5.78. The van der Waals surface area contributed by atoms with Gasteiger partial charge in [-0.3, -0.25) is 4.79 Å². The summed E-state index contributed by atoms with van der Waals surface area (Å²) in [5.74, 6) is -0.138. The number of ether oxygens (including phenoxy) is 4. The smallest absolute Gasteiger partial charge is 0.308 e. The van der Waals surface area contributed by atoms with E-state index in [1.807, 2.05) is 30.3 Å². The summed E-state index contributed by atoms with van der Waals surface area (Å²) in [6.07, 6.45) is 0. The lowest BCUT2D eigenvalue weighted by Gasteiger charge is -2.20. The average molecular weight is 370 g/mol. The van der Waals surface area contributed by atoms with Crippen molar-refractivity contribution in [1.82, 2.24) is 0 Å². The van der Waals surface area contributed by atoms with Gasteiger partial charge in [-0.2, -0.15) is 0 Å². The molecule has 0 spiro atoms. The molecule has 0 saturated carbocycles. The van der Waals surface area contributed by atoms with Crippen LogP contribution in [-0.4, -0.2) is 20.2 Å². The summed E-state index contributed by atoms with van der Waals surface area (Å²) in [6.45, 7) is 1.54. The fourth-order valence-electron chi connectivity index (χ4n) is 2.84. The molecule has 0 fully saturated rings. The summed E-state index contributed by atoms with van der Waals surface area (Å²) in [5, 5.41) is 0.896. The lowest BCUT2D eigenvalue weighted by Crippen LogP contribution is -2.07. The molecule has 140 valence electrons. The molecule has 0 aliphatic rings. The van der Waals surface area contributed by atoms with Crippen molar-refractivity contribution >= 4 is 16.7 Å². The second kappa shape index (κ2) is 7.95. The molecule has 0 aromatic heterocycles. The number of fused-ring (bicyclic) bond motifs is 1. The van der Waals surface area contributed by atoms with Crippen molar-refractivity contribution in [3.05, 3.63) is 59.9 Å². The van der Waals surface area contributed by atoms with Crippen LogP contribution in [0, 0.1) is 5.82 Å². The van der Waals surface area contributed by atoms with Gasteiger partial charge in [-0.15, -0.1) is 0 Å². The van der Waals surface area contributed by atoms with Gasteiger partial charge in [0.05, 0.1) is 14.2 Å². The van der Waals surface area contributed by atoms with Crippen molar-refractivity contribution in [3.63, 3.8) is 0 Å². The maximum Gasteiger partial charge on any atom is 0.308 e. The molecule has 3 rings (SSSR count). The first kappa shape index (κ1) is 18.5. The maximum atomic E-state index is 13.9. The molecule has 6 heteroatoms. The summed E-state index contributed by atoms with van der Waals surface area (Å²) in [4.78, 5) is 11.6. The third-order valence-corrected chi connectivity index (χ3v) is 3.97. The van der Waals surface area contributed by atoms with Crippen LogP contribution in [0.1, 0.15) is 12.5 Å². The zero-order valence-electron chi connectivity index (χ0n) is 15.2. The highest BCUT2D eigenvalue weighted by molar-refractivity contribution is 6.00. The number of carbonyl (C=O) groups is 1. The number of rotatable bonds is 6. The average Bonchev–Trinajstić information content (AvgIpc) is 2.67.